The summed E-state index contributed by atoms with van der Waals surface area (Å²) in [6, 6.07) is 20.8. The van der Waals surface area contributed by atoms with Gasteiger partial charge in [-0.2, -0.15) is 0 Å². The number of morpholine rings is 1. The molecule has 0 aliphatic carbocycles. The number of ether oxygens (including phenoxy) is 1. The van der Waals surface area contributed by atoms with Gasteiger partial charge >= 0.3 is 0 Å². The Morgan fingerprint density at radius 1 is 0.862 bits per heavy atom. The summed E-state index contributed by atoms with van der Waals surface area (Å²) in [7, 11) is 0. The van der Waals surface area contributed by atoms with Crippen molar-refractivity contribution >= 4 is 16.9 Å². The number of benzene rings is 2. The fourth-order valence-electron chi connectivity index (χ4n) is 4.26. The molecule has 0 bridgehead atoms. The molecule has 1 aliphatic heterocycles. The van der Waals surface area contributed by atoms with Gasteiger partial charge < -0.3 is 14.2 Å². The Balaban J connectivity index is 1.76. The van der Waals surface area contributed by atoms with Crippen molar-refractivity contribution in [1.82, 2.24) is 14.5 Å². The lowest BCUT2D eigenvalue weighted by Gasteiger charge is -2.36. The summed E-state index contributed by atoms with van der Waals surface area (Å²) in [6.45, 7) is 5.88. The predicted molar refractivity (Wildman–Crippen MR) is 117 cm³/mol. The van der Waals surface area contributed by atoms with E-state index in [9.17, 15) is 0 Å². The molecule has 4 aromatic rings. The van der Waals surface area contributed by atoms with Gasteiger partial charge in [0.25, 0.3) is 0 Å². The number of hydrogen-bond acceptors (Lipinski definition) is 4. The molecule has 29 heavy (non-hydrogen) atoms. The van der Waals surface area contributed by atoms with Crippen LogP contribution in [0, 0.1) is 0 Å². The summed E-state index contributed by atoms with van der Waals surface area (Å²) in [4.78, 5) is 11.8. The lowest BCUT2D eigenvalue weighted by molar-refractivity contribution is -0.00537. The number of anilines is 1. The average molecular weight is 384 g/mol. The SMILES string of the molecule is C[C@H]1CN(c2ncnc3c2c(-c2ccccc2)cn3-c2ccccc2)C[C@H](C)O1. The highest BCUT2D eigenvalue weighted by molar-refractivity contribution is 6.02. The Kier molecular flexibility index (Phi) is 4.52. The Labute approximate surface area is 170 Å². The predicted octanol–water partition coefficient (Wildman–Crippen LogP) is 4.70. The van der Waals surface area contributed by atoms with Crippen molar-refractivity contribution in [2.24, 2.45) is 0 Å². The van der Waals surface area contributed by atoms with Gasteiger partial charge in [-0.05, 0) is 31.5 Å². The van der Waals surface area contributed by atoms with E-state index >= 15 is 0 Å². The Morgan fingerprint density at radius 2 is 1.52 bits per heavy atom. The molecule has 5 nitrogen and oxygen atoms in total. The van der Waals surface area contributed by atoms with Crippen molar-refractivity contribution in [1.29, 1.82) is 0 Å². The minimum atomic E-state index is 0.167. The first-order chi connectivity index (χ1) is 14.2. The van der Waals surface area contributed by atoms with Crippen LogP contribution in [0.3, 0.4) is 0 Å². The largest absolute Gasteiger partial charge is 0.372 e. The molecule has 5 rings (SSSR count). The third-order valence-corrected chi connectivity index (χ3v) is 5.40. The van der Waals surface area contributed by atoms with Crippen LogP contribution in [-0.2, 0) is 4.74 Å². The number of para-hydroxylation sites is 1. The van der Waals surface area contributed by atoms with Gasteiger partial charge in [-0.1, -0.05) is 48.5 Å². The second-order valence-corrected chi connectivity index (χ2v) is 7.67. The van der Waals surface area contributed by atoms with E-state index in [-0.39, 0.29) is 12.2 Å². The van der Waals surface area contributed by atoms with Crippen LogP contribution in [0.5, 0.6) is 0 Å². The van der Waals surface area contributed by atoms with Crippen LogP contribution in [-0.4, -0.2) is 39.8 Å². The molecule has 2 aromatic heterocycles. The summed E-state index contributed by atoms with van der Waals surface area (Å²) >= 11 is 0. The van der Waals surface area contributed by atoms with Gasteiger partial charge in [0.2, 0.25) is 0 Å². The van der Waals surface area contributed by atoms with E-state index in [1.165, 1.54) is 0 Å². The quantitative estimate of drug-likeness (QED) is 0.513. The van der Waals surface area contributed by atoms with Crippen LogP contribution in [0.1, 0.15) is 13.8 Å². The molecule has 2 atom stereocenters. The minimum absolute atomic E-state index is 0.167. The third-order valence-electron chi connectivity index (χ3n) is 5.40. The van der Waals surface area contributed by atoms with E-state index in [0.29, 0.717) is 0 Å². The molecule has 0 amide bonds. The summed E-state index contributed by atoms with van der Waals surface area (Å²) in [5.41, 5.74) is 4.32. The maximum atomic E-state index is 5.95. The van der Waals surface area contributed by atoms with Crippen LogP contribution >= 0.6 is 0 Å². The lowest BCUT2D eigenvalue weighted by atomic mass is 10.1. The number of fused-ring (bicyclic) bond motifs is 1. The summed E-state index contributed by atoms with van der Waals surface area (Å²) in [5, 5.41) is 1.09. The minimum Gasteiger partial charge on any atom is -0.372 e. The molecule has 0 N–H and O–H groups in total. The van der Waals surface area contributed by atoms with Crippen LogP contribution in [0.15, 0.2) is 73.2 Å². The van der Waals surface area contributed by atoms with Crippen LogP contribution in [0.2, 0.25) is 0 Å². The van der Waals surface area contributed by atoms with Gasteiger partial charge in [-0.3, -0.25) is 0 Å². The van der Waals surface area contributed by atoms with E-state index in [2.05, 4.69) is 78.0 Å². The normalized spacial score (nSPS) is 19.6. The second kappa shape index (κ2) is 7.33. The van der Waals surface area contributed by atoms with E-state index in [0.717, 1.165) is 46.8 Å². The molecule has 1 fully saturated rings. The Morgan fingerprint density at radius 3 is 2.21 bits per heavy atom. The summed E-state index contributed by atoms with van der Waals surface area (Å²) in [6.07, 6.45) is 4.19. The zero-order valence-corrected chi connectivity index (χ0v) is 16.7. The molecule has 146 valence electrons. The fraction of sp³-hybridized carbons (Fsp3) is 0.250. The fourth-order valence-corrected chi connectivity index (χ4v) is 4.26. The van der Waals surface area contributed by atoms with Crippen LogP contribution in [0.25, 0.3) is 27.8 Å². The first-order valence-corrected chi connectivity index (χ1v) is 10.1. The van der Waals surface area contributed by atoms with Crippen molar-refractivity contribution in [3.8, 4) is 16.8 Å². The van der Waals surface area contributed by atoms with Crippen molar-refractivity contribution in [3.05, 3.63) is 73.2 Å². The molecule has 0 saturated carbocycles. The zero-order valence-electron chi connectivity index (χ0n) is 16.7. The molecule has 0 spiro atoms. The van der Waals surface area contributed by atoms with Crippen molar-refractivity contribution in [2.75, 3.05) is 18.0 Å². The highest BCUT2D eigenvalue weighted by atomic mass is 16.5. The van der Waals surface area contributed by atoms with Gasteiger partial charge in [0.15, 0.2) is 5.65 Å². The topological polar surface area (TPSA) is 43.2 Å². The van der Waals surface area contributed by atoms with Gasteiger partial charge in [0.1, 0.15) is 12.1 Å². The molecule has 2 aromatic carbocycles. The summed E-state index contributed by atoms with van der Waals surface area (Å²) < 4.78 is 8.11. The first-order valence-electron chi connectivity index (χ1n) is 10.1. The molecule has 0 radical (unpaired) electrons. The van der Waals surface area contributed by atoms with Gasteiger partial charge in [-0.15, -0.1) is 0 Å². The monoisotopic (exact) mass is 384 g/mol. The molecule has 0 unspecified atom stereocenters. The molecule has 1 saturated heterocycles. The van der Waals surface area contributed by atoms with E-state index < -0.39 is 0 Å². The van der Waals surface area contributed by atoms with Crippen molar-refractivity contribution < 1.29 is 4.74 Å². The van der Waals surface area contributed by atoms with Gasteiger partial charge in [-0.25, -0.2) is 9.97 Å². The standard InChI is InChI=1S/C24H24N4O/c1-17-13-27(14-18(2)29-17)23-22-21(19-9-5-3-6-10-19)15-28(24(22)26-16-25-23)20-11-7-4-8-12-20/h3-12,15-18H,13-14H2,1-2H3/t17-,18-/m0/s1. The number of rotatable bonds is 3. The molecular weight excluding hydrogens is 360 g/mol. The van der Waals surface area contributed by atoms with Gasteiger partial charge in [0.05, 0.1) is 17.6 Å². The van der Waals surface area contributed by atoms with E-state index in [1.807, 2.05) is 12.1 Å². The zero-order chi connectivity index (χ0) is 19.8. The first kappa shape index (κ1) is 17.9. The molecular formula is C24H24N4O. The lowest BCUT2D eigenvalue weighted by Crippen LogP contribution is -2.46. The Hall–Kier alpha value is -3.18. The summed E-state index contributed by atoms with van der Waals surface area (Å²) in [5.74, 6) is 0.977. The van der Waals surface area contributed by atoms with Crippen molar-refractivity contribution in [2.45, 2.75) is 26.1 Å². The Bertz CT molecular complexity index is 1110. The van der Waals surface area contributed by atoms with Gasteiger partial charge in [0, 0.05) is 30.5 Å². The van der Waals surface area contributed by atoms with E-state index in [4.69, 9.17) is 14.7 Å². The van der Waals surface area contributed by atoms with Crippen LogP contribution < -0.4 is 4.90 Å². The number of nitrogens with zero attached hydrogens (tertiary/aromatic N) is 4. The molecule has 5 heteroatoms. The van der Waals surface area contributed by atoms with Crippen molar-refractivity contribution in [3.63, 3.8) is 0 Å². The third kappa shape index (κ3) is 3.28. The maximum absolute atomic E-state index is 5.95. The smallest absolute Gasteiger partial charge is 0.150 e. The highest BCUT2D eigenvalue weighted by Gasteiger charge is 2.27. The second-order valence-electron chi connectivity index (χ2n) is 7.67. The maximum Gasteiger partial charge on any atom is 0.150 e. The van der Waals surface area contributed by atoms with Crippen LogP contribution in [0.4, 0.5) is 5.82 Å². The van der Waals surface area contributed by atoms with E-state index in [1.54, 1.807) is 6.33 Å². The number of hydrogen-bond donors (Lipinski definition) is 0. The molecule has 1 aliphatic rings. The molecule has 3 heterocycles. The number of aromatic nitrogens is 3. The highest BCUT2D eigenvalue weighted by Crippen LogP contribution is 2.37. The average Bonchev–Trinajstić information content (AvgIpc) is 3.14.